The normalized spacial score (nSPS) is 11.7. The topological polar surface area (TPSA) is 85.4 Å². The van der Waals surface area contributed by atoms with E-state index in [2.05, 4.69) is 5.32 Å². The van der Waals surface area contributed by atoms with Gasteiger partial charge in [-0.2, -0.15) is 0 Å². The predicted octanol–water partition coefficient (Wildman–Crippen LogP) is 4.35. The molecular weight excluding hydrogens is 320 g/mol. The van der Waals surface area contributed by atoms with E-state index >= 15 is 0 Å². The van der Waals surface area contributed by atoms with Crippen molar-refractivity contribution in [1.82, 2.24) is 5.32 Å². The fourth-order valence-corrected chi connectivity index (χ4v) is 2.48. The van der Waals surface area contributed by atoms with Crippen molar-refractivity contribution in [2.24, 2.45) is 0 Å². The molecule has 1 unspecified atom stereocenters. The van der Waals surface area contributed by atoms with Gasteiger partial charge in [-0.1, -0.05) is 42.5 Å². The Bertz CT molecular complexity index is 903. The zero-order valence-electron chi connectivity index (χ0n) is 13.5. The first kappa shape index (κ1) is 16.4. The monoisotopic (exact) mass is 336 g/mol. The standard InChI is InChI=1S/C19H16N2O4/c1-13(14-6-3-2-4-7-14)20-19(22)18-11-10-17(25-18)15-8-5-9-16(12-15)21(23)24/h2-13H,1H3,(H,20,22). The maximum Gasteiger partial charge on any atom is 0.287 e. The van der Waals surface area contributed by atoms with E-state index in [9.17, 15) is 14.9 Å². The molecule has 1 amide bonds. The van der Waals surface area contributed by atoms with Crippen LogP contribution in [0.15, 0.2) is 71.1 Å². The van der Waals surface area contributed by atoms with Crippen molar-refractivity contribution in [3.63, 3.8) is 0 Å². The van der Waals surface area contributed by atoms with Crippen LogP contribution in [0.2, 0.25) is 0 Å². The van der Waals surface area contributed by atoms with Gasteiger partial charge in [0.25, 0.3) is 11.6 Å². The molecular formula is C19H16N2O4. The van der Waals surface area contributed by atoms with E-state index in [4.69, 9.17) is 4.42 Å². The molecule has 2 aromatic carbocycles. The maximum absolute atomic E-state index is 12.3. The lowest BCUT2D eigenvalue weighted by Crippen LogP contribution is -2.26. The number of nitro benzene ring substituents is 1. The summed E-state index contributed by atoms with van der Waals surface area (Å²) >= 11 is 0. The number of nitro groups is 1. The molecule has 126 valence electrons. The highest BCUT2D eigenvalue weighted by atomic mass is 16.6. The first-order valence-electron chi connectivity index (χ1n) is 7.75. The molecule has 3 aromatic rings. The number of amides is 1. The van der Waals surface area contributed by atoms with Crippen LogP contribution >= 0.6 is 0 Å². The molecule has 0 saturated heterocycles. The van der Waals surface area contributed by atoms with Crippen LogP contribution in [0.5, 0.6) is 0 Å². The summed E-state index contributed by atoms with van der Waals surface area (Å²) in [6.07, 6.45) is 0. The summed E-state index contributed by atoms with van der Waals surface area (Å²) in [6, 6.07) is 18.7. The van der Waals surface area contributed by atoms with Gasteiger partial charge in [0.05, 0.1) is 11.0 Å². The number of hydrogen-bond donors (Lipinski definition) is 1. The molecule has 0 aliphatic carbocycles. The van der Waals surface area contributed by atoms with Crippen molar-refractivity contribution < 1.29 is 14.1 Å². The molecule has 6 nitrogen and oxygen atoms in total. The second-order valence-electron chi connectivity index (χ2n) is 5.58. The lowest BCUT2D eigenvalue weighted by atomic mass is 10.1. The van der Waals surface area contributed by atoms with Gasteiger partial charge in [-0.15, -0.1) is 0 Å². The van der Waals surface area contributed by atoms with Crippen molar-refractivity contribution >= 4 is 11.6 Å². The molecule has 0 saturated carbocycles. The summed E-state index contributed by atoms with van der Waals surface area (Å²) in [5.74, 6) is 0.221. The summed E-state index contributed by atoms with van der Waals surface area (Å²) in [7, 11) is 0. The van der Waals surface area contributed by atoms with Gasteiger partial charge in [-0.3, -0.25) is 14.9 Å². The van der Waals surface area contributed by atoms with Crippen molar-refractivity contribution in [3.8, 4) is 11.3 Å². The summed E-state index contributed by atoms with van der Waals surface area (Å²) in [4.78, 5) is 22.7. The van der Waals surface area contributed by atoms with Gasteiger partial charge < -0.3 is 9.73 Å². The molecule has 3 rings (SSSR count). The lowest BCUT2D eigenvalue weighted by molar-refractivity contribution is -0.384. The Balaban J connectivity index is 1.76. The zero-order valence-corrected chi connectivity index (χ0v) is 13.5. The summed E-state index contributed by atoms with van der Waals surface area (Å²) in [5.41, 5.74) is 1.50. The lowest BCUT2D eigenvalue weighted by Gasteiger charge is -2.13. The number of carbonyl (C=O) groups is 1. The fraction of sp³-hybridized carbons (Fsp3) is 0.105. The van der Waals surface area contributed by atoms with E-state index in [0.717, 1.165) is 5.56 Å². The van der Waals surface area contributed by atoms with Crippen molar-refractivity contribution in [2.45, 2.75) is 13.0 Å². The third-order valence-corrected chi connectivity index (χ3v) is 3.82. The van der Waals surface area contributed by atoms with E-state index in [0.29, 0.717) is 11.3 Å². The Hall–Kier alpha value is -3.41. The predicted molar refractivity (Wildman–Crippen MR) is 93.1 cm³/mol. The average molecular weight is 336 g/mol. The minimum atomic E-state index is -0.471. The Kier molecular flexibility index (Phi) is 4.61. The second-order valence-corrected chi connectivity index (χ2v) is 5.58. The van der Waals surface area contributed by atoms with E-state index < -0.39 is 4.92 Å². The number of furan rings is 1. The summed E-state index contributed by atoms with van der Waals surface area (Å²) < 4.78 is 5.57. The first-order chi connectivity index (χ1) is 12.0. The average Bonchev–Trinajstić information content (AvgIpc) is 3.13. The minimum Gasteiger partial charge on any atom is -0.451 e. The number of non-ortho nitro benzene ring substituents is 1. The maximum atomic E-state index is 12.3. The number of benzene rings is 2. The molecule has 1 aromatic heterocycles. The van der Waals surface area contributed by atoms with Gasteiger partial charge in [0.15, 0.2) is 5.76 Å². The molecule has 1 N–H and O–H groups in total. The van der Waals surface area contributed by atoms with E-state index in [1.165, 1.54) is 12.1 Å². The SMILES string of the molecule is CC(NC(=O)c1ccc(-c2cccc([N+](=O)[O-])c2)o1)c1ccccc1. The minimum absolute atomic E-state index is 0.0300. The molecule has 6 heteroatoms. The molecule has 0 fully saturated rings. The van der Waals surface area contributed by atoms with Crippen LogP contribution in [-0.2, 0) is 0 Å². The number of nitrogens with zero attached hydrogens (tertiary/aromatic N) is 1. The van der Waals surface area contributed by atoms with Gasteiger partial charge in [0.2, 0.25) is 0 Å². The fourth-order valence-electron chi connectivity index (χ4n) is 2.48. The van der Waals surface area contributed by atoms with Gasteiger partial charge in [0.1, 0.15) is 5.76 Å². The van der Waals surface area contributed by atoms with E-state index in [1.54, 1.807) is 24.3 Å². The molecule has 0 spiro atoms. The van der Waals surface area contributed by atoms with Crippen LogP contribution in [-0.4, -0.2) is 10.8 Å². The van der Waals surface area contributed by atoms with Gasteiger partial charge >= 0.3 is 0 Å². The molecule has 0 aliphatic rings. The number of nitrogens with one attached hydrogen (secondary N) is 1. The van der Waals surface area contributed by atoms with Crippen LogP contribution in [0.4, 0.5) is 5.69 Å². The first-order valence-corrected chi connectivity index (χ1v) is 7.75. The molecule has 1 heterocycles. The number of rotatable bonds is 5. The second kappa shape index (κ2) is 7.00. The van der Waals surface area contributed by atoms with Crippen LogP contribution in [0.3, 0.4) is 0 Å². The van der Waals surface area contributed by atoms with E-state index in [-0.39, 0.29) is 23.4 Å². The van der Waals surface area contributed by atoms with Crippen molar-refractivity contribution in [3.05, 3.63) is 88.2 Å². The summed E-state index contributed by atoms with van der Waals surface area (Å²) in [5, 5.41) is 13.7. The Labute approximate surface area is 144 Å². The van der Waals surface area contributed by atoms with Gasteiger partial charge in [-0.05, 0) is 24.6 Å². The van der Waals surface area contributed by atoms with Crippen LogP contribution in [0, 0.1) is 10.1 Å². The van der Waals surface area contributed by atoms with Crippen molar-refractivity contribution in [2.75, 3.05) is 0 Å². The molecule has 0 bridgehead atoms. The number of hydrogen-bond acceptors (Lipinski definition) is 4. The quantitative estimate of drug-likeness (QED) is 0.554. The van der Waals surface area contributed by atoms with Gasteiger partial charge in [-0.25, -0.2) is 0 Å². The molecule has 0 radical (unpaired) electrons. The Morgan fingerprint density at radius 1 is 1.08 bits per heavy atom. The zero-order chi connectivity index (χ0) is 17.8. The Morgan fingerprint density at radius 2 is 1.84 bits per heavy atom. The van der Waals surface area contributed by atoms with Crippen LogP contribution in [0.25, 0.3) is 11.3 Å². The smallest absolute Gasteiger partial charge is 0.287 e. The highest BCUT2D eigenvalue weighted by Gasteiger charge is 2.16. The largest absolute Gasteiger partial charge is 0.451 e. The van der Waals surface area contributed by atoms with Crippen LogP contribution < -0.4 is 5.32 Å². The van der Waals surface area contributed by atoms with Gasteiger partial charge in [0, 0.05) is 17.7 Å². The summed E-state index contributed by atoms with van der Waals surface area (Å²) in [6.45, 7) is 1.89. The van der Waals surface area contributed by atoms with Crippen LogP contribution in [0.1, 0.15) is 29.1 Å². The highest BCUT2D eigenvalue weighted by Crippen LogP contribution is 2.26. The van der Waals surface area contributed by atoms with Crippen molar-refractivity contribution in [1.29, 1.82) is 0 Å². The molecule has 0 aliphatic heterocycles. The number of carbonyl (C=O) groups excluding carboxylic acids is 1. The third-order valence-electron chi connectivity index (χ3n) is 3.82. The molecule has 25 heavy (non-hydrogen) atoms. The van der Waals surface area contributed by atoms with E-state index in [1.807, 2.05) is 37.3 Å². The molecule has 1 atom stereocenters. The highest BCUT2D eigenvalue weighted by molar-refractivity contribution is 5.92. The third kappa shape index (κ3) is 3.74. The Morgan fingerprint density at radius 3 is 2.56 bits per heavy atom.